The molecule has 2 N–H and O–H groups in total. The first-order valence-corrected chi connectivity index (χ1v) is 8.08. The van der Waals surface area contributed by atoms with Gasteiger partial charge in [0, 0.05) is 10.0 Å². The van der Waals surface area contributed by atoms with Crippen LogP contribution in [0.25, 0.3) is 6.08 Å². The Labute approximate surface area is 147 Å². The van der Waals surface area contributed by atoms with E-state index in [2.05, 4.69) is 21.2 Å². The summed E-state index contributed by atoms with van der Waals surface area (Å²) in [4.78, 5) is 14.1. The Hall–Kier alpha value is -2.18. The molecule has 0 unspecified atom stereocenters. The summed E-state index contributed by atoms with van der Waals surface area (Å²) in [5, 5.41) is 13.1. The number of nitrogens with one attached hydrogen (secondary N) is 1. The van der Waals surface area contributed by atoms with E-state index in [1.807, 2.05) is 31.2 Å². The summed E-state index contributed by atoms with van der Waals surface area (Å²) in [5.41, 5.74) is 2.67. The average Bonchev–Trinajstić information content (AvgIpc) is 2.79. The largest absolute Gasteiger partial charge is 0.507 e. The van der Waals surface area contributed by atoms with Gasteiger partial charge in [-0.1, -0.05) is 33.6 Å². The third-order valence-corrected chi connectivity index (χ3v) is 4.24. The highest BCUT2D eigenvalue weighted by molar-refractivity contribution is 9.10. The van der Waals surface area contributed by atoms with Crippen molar-refractivity contribution < 1.29 is 9.90 Å². The number of phenolic OH excluding ortho intramolecular Hbond substituents is 1. The summed E-state index contributed by atoms with van der Waals surface area (Å²) in [6.07, 6.45) is 1.59. The maximum Gasteiger partial charge on any atom is 0.281 e. The molecule has 0 saturated carbocycles. The van der Waals surface area contributed by atoms with Gasteiger partial charge in [-0.15, -0.1) is 0 Å². The van der Waals surface area contributed by atoms with Gasteiger partial charge in [0.25, 0.3) is 5.91 Å². The molecule has 1 heterocycles. The molecular formula is C17H13BrN2O2S. The molecule has 2 aromatic rings. The van der Waals surface area contributed by atoms with E-state index in [-0.39, 0.29) is 11.7 Å². The molecule has 1 saturated heterocycles. The van der Waals surface area contributed by atoms with Crippen LogP contribution in [0.15, 0.2) is 52.6 Å². The summed E-state index contributed by atoms with van der Waals surface area (Å²) in [5.74, 6) is -0.159. The second kappa shape index (κ2) is 6.14. The fourth-order valence-corrected chi connectivity index (χ4v) is 2.94. The number of amides is 1. The molecule has 1 aliphatic heterocycles. The van der Waals surface area contributed by atoms with Gasteiger partial charge in [0.15, 0.2) is 5.11 Å². The van der Waals surface area contributed by atoms with E-state index in [9.17, 15) is 9.90 Å². The molecule has 0 aromatic heterocycles. The van der Waals surface area contributed by atoms with Gasteiger partial charge in [-0.2, -0.15) is 0 Å². The Morgan fingerprint density at radius 2 is 1.91 bits per heavy atom. The summed E-state index contributed by atoms with van der Waals surface area (Å²) < 4.78 is 0.811. The molecule has 4 nitrogen and oxygen atoms in total. The van der Waals surface area contributed by atoms with E-state index in [0.29, 0.717) is 22.1 Å². The maximum atomic E-state index is 12.6. The standard InChI is InChI=1S/C17H13BrN2O2S/c1-10-2-5-13(6-3-10)20-16(22)14(19-17(20)23)9-11-8-12(18)4-7-15(11)21/h2-9,21H,1H3,(H,19,23)/b14-9+. The van der Waals surface area contributed by atoms with Crippen molar-refractivity contribution in [3.63, 3.8) is 0 Å². The van der Waals surface area contributed by atoms with E-state index in [1.165, 1.54) is 4.90 Å². The number of carbonyl (C=O) groups excluding carboxylic acids is 1. The fraction of sp³-hybridized carbons (Fsp3) is 0.0588. The lowest BCUT2D eigenvalue weighted by atomic mass is 10.1. The smallest absolute Gasteiger partial charge is 0.281 e. The molecule has 1 amide bonds. The molecule has 116 valence electrons. The van der Waals surface area contributed by atoms with Crippen molar-refractivity contribution in [1.29, 1.82) is 0 Å². The number of hydrogen-bond donors (Lipinski definition) is 2. The Balaban J connectivity index is 1.96. The summed E-state index contributed by atoms with van der Waals surface area (Å²) in [7, 11) is 0. The Kier molecular flexibility index (Phi) is 4.19. The number of rotatable bonds is 2. The molecule has 3 rings (SSSR count). The van der Waals surface area contributed by atoms with Gasteiger partial charge in [-0.3, -0.25) is 9.69 Å². The highest BCUT2D eigenvalue weighted by atomic mass is 79.9. The highest BCUT2D eigenvalue weighted by Crippen LogP contribution is 2.27. The van der Waals surface area contributed by atoms with Crippen LogP contribution in [0.5, 0.6) is 5.75 Å². The number of hydrogen-bond acceptors (Lipinski definition) is 3. The number of aromatic hydroxyl groups is 1. The molecule has 0 aliphatic carbocycles. The number of halogens is 1. The first kappa shape index (κ1) is 15.7. The van der Waals surface area contributed by atoms with Crippen LogP contribution >= 0.6 is 28.1 Å². The molecule has 6 heteroatoms. The van der Waals surface area contributed by atoms with Crippen LogP contribution in [0.3, 0.4) is 0 Å². The van der Waals surface area contributed by atoms with Crippen molar-refractivity contribution in [2.45, 2.75) is 6.92 Å². The number of nitrogens with zero attached hydrogens (tertiary/aromatic N) is 1. The van der Waals surface area contributed by atoms with Gasteiger partial charge >= 0.3 is 0 Å². The van der Waals surface area contributed by atoms with Crippen molar-refractivity contribution in [3.8, 4) is 5.75 Å². The third-order valence-electron chi connectivity index (χ3n) is 3.46. The SMILES string of the molecule is Cc1ccc(N2C(=O)/C(=C\c3cc(Br)ccc3O)NC2=S)cc1. The minimum atomic E-state index is -0.252. The normalized spacial score (nSPS) is 16.1. The maximum absolute atomic E-state index is 12.6. The van der Waals surface area contributed by atoms with Crippen LogP contribution in [0.2, 0.25) is 0 Å². The van der Waals surface area contributed by atoms with Crippen molar-refractivity contribution in [3.05, 3.63) is 63.8 Å². The first-order valence-electron chi connectivity index (χ1n) is 6.88. The van der Waals surface area contributed by atoms with E-state index in [0.717, 1.165) is 10.0 Å². The molecule has 0 spiro atoms. The number of phenols is 1. The quantitative estimate of drug-likeness (QED) is 0.607. The van der Waals surface area contributed by atoms with E-state index in [1.54, 1.807) is 24.3 Å². The lowest BCUT2D eigenvalue weighted by Gasteiger charge is -2.14. The topological polar surface area (TPSA) is 52.6 Å². The lowest BCUT2D eigenvalue weighted by Crippen LogP contribution is -2.30. The minimum absolute atomic E-state index is 0.0926. The van der Waals surface area contributed by atoms with Gasteiger partial charge < -0.3 is 10.4 Å². The Bertz CT molecular complexity index is 831. The van der Waals surface area contributed by atoms with Gasteiger partial charge in [-0.05, 0) is 55.5 Å². The van der Waals surface area contributed by atoms with Crippen molar-refractivity contribution in [2.24, 2.45) is 0 Å². The molecule has 23 heavy (non-hydrogen) atoms. The summed E-state index contributed by atoms with van der Waals surface area (Å²) >= 11 is 8.61. The van der Waals surface area contributed by atoms with Gasteiger partial charge in [-0.25, -0.2) is 0 Å². The zero-order valence-corrected chi connectivity index (χ0v) is 14.6. The number of aryl methyl sites for hydroxylation is 1. The first-order chi connectivity index (χ1) is 11.0. The van der Waals surface area contributed by atoms with E-state index >= 15 is 0 Å². The monoisotopic (exact) mass is 388 g/mol. The van der Waals surface area contributed by atoms with Crippen LogP contribution in [-0.4, -0.2) is 16.1 Å². The van der Waals surface area contributed by atoms with Crippen molar-refractivity contribution >= 4 is 50.9 Å². The zero-order valence-electron chi connectivity index (χ0n) is 12.2. The number of thiocarbonyl (C=S) groups is 1. The van der Waals surface area contributed by atoms with E-state index in [4.69, 9.17) is 12.2 Å². The molecule has 1 fully saturated rings. The van der Waals surface area contributed by atoms with Crippen molar-refractivity contribution in [1.82, 2.24) is 5.32 Å². The van der Waals surface area contributed by atoms with Crippen LogP contribution in [-0.2, 0) is 4.79 Å². The summed E-state index contributed by atoms with van der Waals surface area (Å²) in [6.45, 7) is 1.98. The van der Waals surface area contributed by atoms with Crippen molar-refractivity contribution in [2.75, 3.05) is 4.90 Å². The second-order valence-electron chi connectivity index (χ2n) is 5.17. The fourth-order valence-electron chi connectivity index (χ4n) is 2.26. The molecule has 1 aliphatic rings. The molecule has 0 radical (unpaired) electrons. The second-order valence-corrected chi connectivity index (χ2v) is 6.47. The summed E-state index contributed by atoms with van der Waals surface area (Å²) in [6, 6.07) is 12.6. The molecule has 2 aromatic carbocycles. The highest BCUT2D eigenvalue weighted by Gasteiger charge is 2.32. The Morgan fingerprint density at radius 3 is 2.61 bits per heavy atom. The minimum Gasteiger partial charge on any atom is -0.507 e. The van der Waals surface area contributed by atoms with E-state index < -0.39 is 0 Å². The number of carbonyl (C=O) groups is 1. The predicted molar refractivity (Wildman–Crippen MR) is 98.2 cm³/mol. The average molecular weight is 389 g/mol. The molecule has 0 atom stereocenters. The van der Waals surface area contributed by atoms with Gasteiger partial charge in [0.1, 0.15) is 11.4 Å². The Morgan fingerprint density at radius 1 is 1.22 bits per heavy atom. The lowest BCUT2D eigenvalue weighted by molar-refractivity contribution is -0.113. The third kappa shape index (κ3) is 3.13. The van der Waals surface area contributed by atoms with Crippen LogP contribution in [0.1, 0.15) is 11.1 Å². The number of benzene rings is 2. The molecule has 0 bridgehead atoms. The predicted octanol–water partition coefficient (Wildman–Crippen LogP) is 3.73. The van der Waals surface area contributed by atoms with Crippen LogP contribution in [0, 0.1) is 6.92 Å². The zero-order chi connectivity index (χ0) is 16.6. The van der Waals surface area contributed by atoms with Gasteiger partial charge in [0.05, 0.1) is 5.69 Å². The number of anilines is 1. The van der Waals surface area contributed by atoms with Crippen LogP contribution in [0.4, 0.5) is 5.69 Å². The van der Waals surface area contributed by atoms with Gasteiger partial charge in [0.2, 0.25) is 0 Å². The van der Waals surface area contributed by atoms with Crippen LogP contribution < -0.4 is 10.2 Å². The molecular weight excluding hydrogens is 376 g/mol.